The first kappa shape index (κ1) is 17.3. The Labute approximate surface area is 126 Å². The Hall–Kier alpha value is -1.72. The maximum atomic E-state index is 12.8. The van der Waals surface area contributed by atoms with Gasteiger partial charge in [0.15, 0.2) is 0 Å². The molecule has 114 valence electrons. The summed E-state index contributed by atoms with van der Waals surface area (Å²) >= 11 is 4.58. The van der Waals surface area contributed by atoms with Crippen molar-refractivity contribution >= 4 is 23.3 Å². The lowest BCUT2D eigenvalue weighted by Gasteiger charge is -2.25. The van der Waals surface area contributed by atoms with Gasteiger partial charge in [-0.25, -0.2) is 4.99 Å². The summed E-state index contributed by atoms with van der Waals surface area (Å²) in [6, 6.07) is 4.93. The number of nitrogens with one attached hydrogen (secondary N) is 1. The zero-order chi connectivity index (χ0) is 16.1. The first-order valence-electron chi connectivity index (χ1n) is 6.20. The average molecular weight is 316 g/mol. The first-order valence-corrected chi connectivity index (χ1v) is 6.61. The molecule has 0 radical (unpaired) electrons. The molecule has 1 amide bonds. The van der Waals surface area contributed by atoms with E-state index < -0.39 is 17.3 Å². The number of benzene rings is 1. The van der Waals surface area contributed by atoms with E-state index in [1.807, 2.05) is 0 Å². The van der Waals surface area contributed by atoms with Crippen LogP contribution in [0.1, 0.15) is 31.4 Å². The number of nitrogens with zero attached hydrogens (tertiary/aromatic N) is 1. The van der Waals surface area contributed by atoms with Gasteiger partial charge in [-0.1, -0.05) is 12.1 Å². The van der Waals surface area contributed by atoms with Crippen molar-refractivity contribution in [1.29, 1.82) is 0 Å². The van der Waals surface area contributed by atoms with Crippen LogP contribution in [0.25, 0.3) is 0 Å². The fraction of sp³-hybridized carbons (Fsp3) is 0.429. The Kier molecular flexibility index (Phi) is 5.63. The van der Waals surface area contributed by atoms with Crippen molar-refractivity contribution in [2.24, 2.45) is 4.99 Å². The number of hydrogen-bond acceptors (Lipinski definition) is 3. The van der Waals surface area contributed by atoms with Gasteiger partial charge < -0.3 is 5.32 Å². The Morgan fingerprint density at radius 1 is 1.38 bits per heavy atom. The highest BCUT2D eigenvalue weighted by Gasteiger charge is 2.33. The maximum absolute atomic E-state index is 12.8. The normalized spacial score (nSPS) is 14.0. The van der Waals surface area contributed by atoms with E-state index >= 15 is 0 Å². The van der Waals surface area contributed by atoms with E-state index in [9.17, 15) is 18.0 Å². The van der Waals surface area contributed by atoms with Crippen molar-refractivity contribution in [2.45, 2.75) is 32.0 Å². The maximum Gasteiger partial charge on any atom is 0.416 e. The Morgan fingerprint density at radius 2 is 2.00 bits per heavy atom. The second-order valence-corrected chi connectivity index (χ2v) is 4.97. The van der Waals surface area contributed by atoms with Crippen molar-refractivity contribution < 1.29 is 18.0 Å². The minimum Gasteiger partial charge on any atom is -0.356 e. The van der Waals surface area contributed by atoms with Crippen LogP contribution in [0, 0.1) is 0 Å². The van der Waals surface area contributed by atoms with Crippen LogP contribution >= 0.6 is 12.2 Å². The van der Waals surface area contributed by atoms with Gasteiger partial charge >= 0.3 is 6.18 Å². The van der Waals surface area contributed by atoms with Gasteiger partial charge in [-0.05, 0) is 43.3 Å². The smallest absolute Gasteiger partial charge is 0.356 e. The molecule has 0 bridgehead atoms. The van der Waals surface area contributed by atoms with Gasteiger partial charge in [0.1, 0.15) is 0 Å². The number of halogens is 3. The Bertz CT molecular complexity index is 568. The van der Waals surface area contributed by atoms with Gasteiger partial charge in [0.2, 0.25) is 5.91 Å². The third-order valence-corrected chi connectivity index (χ3v) is 3.18. The summed E-state index contributed by atoms with van der Waals surface area (Å²) < 4.78 is 38.3. The lowest BCUT2D eigenvalue weighted by Crippen LogP contribution is -2.29. The summed E-state index contributed by atoms with van der Waals surface area (Å²) in [5.41, 5.74) is -1.34. The molecule has 0 aliphatic rings. The first-order chi connectivity index (χ1) is 9.69. The molecular formula is C14H15F3N2OS. The monoisotopic (exact) mass is 316 g/mol. The van der Waals surface area contributed by atoms with Crippen LogP contribution < -0.4 is 5.32 Å². The molecule has 0 fully saturated rings. The quantitative estimate of drug-likeness (QED) is 0.667. The van der Waals surface area contributed by atoms with E-state index in [1.165, 1.54) is 13.0 Å². The Balaban J connectivity index is 3.10. The number of isothiocyanates is 1. The number of aliphatic imine (C=N–C) groups is 1. The van der Waals surface area contributed by atoms with Crippen molar-refractivity contribution in [3.63, 3.8) is 0 Å². The number of carbonyl (C=O) groups excluding carboxylic acids is 1. The van der Waals surface area contributed by atoms with E-state index in [-0.39, 0.29) is 12.5 Å². The molecule has 1 rings (SSSR count). The minimum atomic E-state index is -4.42. The molecule has 1 unspecified atom stereocenters. The number of thiocarbonyl (C=S) groups is 1. The largest absolute Gasteiger partial charge is 0.416 e. The van der Waals surface area contributed by atoms with Crippen LogP contribution in [0.2, 0.25) is 0 Å². The third-order valence-electron chi connectivity index (χ3n) is 3.09. The number of alkyl halides is 3. The van der Waals surface area contributed by atoms with Gasteiger partial charge in [-0.2, -0.15) is 13.2 Å². The number of amides is 1. The highest BCUT2D eigenvalue weighted by molar-refractivity contribution is 7.78. The summed E-state index contributed by atoms with van der Waals surface area (Å²) in [6.45, 7) is 3.30. The van der Waals surface area contributed by atoms with E-state index in [0.29, 0.717) is 12.0 Å². The van der Waals surface area contributed by atoms with Crippen molar-refractivity contribution in [3.05, 3.63) is 35.4 Å². The Morgan fingerprint density at radius 3 is 2.52 bits per heavy atom. The van der Waals surface area contributed by atoms with Gasteiger partial charge in [-0.15, -0.1) is 0 Å². The van der Waals surface area contributed by atoms with E-state index in [2.05, 4.69) is 27.7 Å². The molecule has 0 aliphatic heterocycles. The molecule has 0 heterocycles. The zero-order valence-corrected chi connectivity index (χ0v) is 12.4. The molecule has 0 aliphatic carbocycles. The molecule has 1 atom stereocenters. The second kappa shape index (κ2) is 6.83. The summed E-state index contributed by atoms with van der Waals surface area (Å²) in [4.78, 5) is 14.9. The highest BCUT2D eigenvalue weighted by Crippen LogP contribution is 2.34. The van der Waals surface area contributed by atoms with Crippen LogP contribution in [0.3, 0.4) is 0 Å². The minimum absolute atomic E-state index is 0.215. The van der Waals surface area contributed by atoms with E-state index in [4.69, 9.17) is 0 Å². The molecule has 1 aromatic carbocycles. The molecule has 0 spiro atoms. The second-order valence-electron chi connectivity index (χ2n) is 4.79. The zero-order valence-electron chi connectivity index (χ0n) is 11.6. The van der Waals surface area contributed by atoms with Gasteiger partial charge in [0, 0.05) is 13.5 Å². The lowest BCUT2D eigenvalue weighted by molar-refractivity contribution is -0.137. The summed E-state index contributed by atoms with van der Waals surface area (Å²) in [6.07, 6.45) is -4.10. The van der Waals surface area contributed by atoms with Crippen LogP contribution in [-0.4, -0.2) is 17.6 Å². The van der Waals surface area contributed by atoms with Crippen LogP contribution in [-0.2, 0) is 16.5 Å². The van der Waals surface area contributed by atoms with Crippen LogP contribution in [0.4, 0.5) is 13.2 Å². The predicted molar refractivity (Wildman–Crippen MR) is 77.1 cm³/mol. The molecule has 3 nitrogen and oxygen atoms in total. The molecule has 0 aromatic heterocycles. The number of rotatable bonds is 5. The lowest BCUT2D eigenvalue weighted by atomic mass is 9.88. The topological polar surface area (TPSA) is 41.5 Å². The molecule has 1 aromatic rings. The number of hydrogen-bond donors (Lipinski definition) is 1. The standard InChI is InChI=1S/C14H15F3N2OS/c1-10(20)18-7-6-13(2,19-9-21)11-4-3-5-12(8-11)14(15,16)17/h3-5,8H,6-7H2,1-2H3,(H,18,20). The summed E-state index contributed by atoms with van der Waals surface area (Å²) in [5.74, 6) is -0.215. The van der Waals surface area contributed by atoms with Gasteiger partial charge in [0.25, 0.3) is 0 Å². The predicted octanol–water partition coefficient (Wildman–Crippen LogP) is 3.55. The molecule has 7 heteroatoms. The third kappa shape index (κ3) is 4.95. The molecule has 0 saturated carbocycles. The molecule has 21 heavy (non-hydrogen) atoms. The molecule has 1 N–H and O–H groups in total. The fourth-order valence-corrected chi connectivity index (χ4v) is 2.08. The van der Waals surface area contributed by atoms with E-state index in [1.54, 1.807) is 13.0 Å². The summed E-state index contributed by atoms with van der Waals surface area (Å²) in [5, 5.41) is 4.81. The van der Waals surface area contributed by atoms with Gasteiger partial charge in [-0.3, -0.25) is 4.79 Å². The SMILES string of the molecule is CC(=O)NCCC(C)(N=C=S)c1cccc(C(F)(F)F)c1. The van der Waals surface area contributed by atoms with Crippen molar-refractivity contribution in [2.75, 3.05) is 6.54 Å². The average Bonchev–Trinajstić information content (AvgIpc) is 2.38. The highest BCUT2D eigenvalue weighted by atomic mass is 32.1. The fourth-order valence-electron chi connectivity index (χ4n) is 1.88. The van der Waals surface area contributed by atoms with Crippen LogP contribution in [0.5, 0.6) is 0 Å². The van der Waals surface area contributed by atoms with Crippen molar-refractivity contribution in [1.82, 2.24) is 5.32 Å². The molecular weight excluding hydrogens is 301 g/mol. The van der Waals surface area contributed by atoms with Crippen LogP contribution in [0.15, 0.2) is 29.3 Å². The number of carbonyl (C=O) groups is 1. The van der Waals surface area contributed by atoms with E-state index in [0.717, 1.165) is 12.1 Å². The summed E-state index contributed by atoms with van der Waals surface area (Å²) in [7, 11) is 0. The molecule has 0 saturated heterocycles. The van der Waals surface area contributed by atoms with Gasteiger partial charge in [0.05, 0.1) is 16.3 Å². The van der Waals surface area contributed by atoms with Crippen molar-refractivity contribution in [3.8, 4) is 0 Å².